The van der Waals surface area contributed by atoms with Gasteiger partial charge in [0.05, 0.1) is 0 Å². The van der Waals surface area contributed by atoms with E-state index in [1.165, 1.54) is 18.4 Å². The summed E-state index contributed by atoms with van der Waals surface area (Å²) in [6.07, 6.45) is 4.55. The molecule has 0 bridgehead atoms. The largest absolute Gasteiger partial charge is 0.357 e. The van der Waals surface area contributed by atoms with Gasteiger partial charge >= 0.3 is 0 Å². The first-order valence-electron chi connectivity index (χ1n) is 6.29. The van der Waals surface area contributed by atoms with Gasteiger partial charge in [0, 0.05) is 25.3 Å². The van der Waals surface area contributed by atoms with E-state index in [1.807, 2.05) is 6.20 Å². The van der Waals surface area contributed by atoms with E-state index < -0.39 is 0 Å². The Labute approximate surface area is 97.9 Å². The Morgan fingerprint density at radius 3 is 2.69 bits per heavy atom. The summed E-state index contributed by atoms with van der Waals surface area (Å²) in [6, 6.07) is 4.88. The van der Waals surface area contributed by atoms with E-state index in [-0.39, 0.29) is 0 Å². The van der Waals surface area contributed by atoms with Crippen LogP contribution in [0.25, 0.3) is 0 Å². The van der Waals surface area contributed by atoms with Crippen LogP contribution in [0.2, 0.25) is 0 Å². The fourth-order valence-corrected chi connectivity index (χ4v) is 2.31. The highest BCUT2D eigenvalue weighted by atomic mass is 15.2. The summed E-state index contributed by atoms with van der Waals surface area (Å²) in [4.78, 5) is 6.82. The van der Waals surface area contributed by atoms with Crippen molar-refractivity contribution in [2.75, 3.05) is 24.5 Å². The van der Waals surface area contributed by atoms with Crippen LogP contribution < -0.4 is 10.2 Å². The second-order valence-electron chi connectivity index (χ2n) is 4.27. The third kappa shape index (κ3) is 2.35. The van der Waals surface area contributed by atoms with Crippen LogP contribution in [-0.4, -0.2) is 24.6 Å². The summed E-state index contributed by atoms with van der Waals surface area (Å²) in [5.41, 5.74) is 1.33. The number of rotatable bonds is 4. The lowest BCUT2D eigenvalue weighted by atomic mass is 10.1. The Bertz CT molecular complexity index is 289. The average molecular weight is 219 g/mol. The molecular weight excluding hydrogens is 198 g/mol. The van der Waals surface area contributed by atoms with Gasteiger partial charge in [0.25, 0.3) is 0 Å². The van der Waals surface area contributed by atoms with Crippen molar-refractivity contribution < 1.29 is 0 Å². The zero-order valence-electron chi connectivity index (χ0n) is 10.2. The maximum absolute atomic E-state index is 4.55. The minimum Gasteiger partial charge on any atom is -0.357 e. The highest BCUT2D eigenvalue weighted by Crippen LogP contribution is 2.23. The molecule has 0 aromatic carbocycles. The van der Waals surface area contributed by atoms with Crippen molar-refractivity contribution in [3.05, 3.63) is 23.9 Å². The molecule has 1 saturated heterocycles. The second-order valence-corrected chi connectivity index (χ2v) is 4.27. The molecule has 0 unspecified atom stereocenters. The Morgan fingerprint density at radius 1 is 1.38 bits per heavy atom. The lowest BCUT2D eigenvalue weighted by Crippen LogP contribution is -2.23. The van der Waals surface area contributed by atoms with E-state index in [2.05, 4.69) is 41.2 Å². The normalized spacial score (nSPS) is 20.0. The van der Waals surface area contributed by atoms with Gasteiger partial charge in [-0.15, -0.1) is 0 Å². The molecule has 1 aliphatic heterocycles. The van der Waals surface area contributed by atoms with Gasteiger partial charge in [0.15, 0.2) is 0 Å². The molecular formula is C13H21N3. The molecule has 0 amide bonds. The summed E-state index contributed by atoms with van der Waals surface area (Å²) in [6.45, 7) is 7.51. The quantitative estimate of drug-likeness (QED) is 0.842. The lowest BCUT2D eigenvalue weighted by Gasteiger charge is -2.20. The van der Waals surface area contributed by atoms with Crippen LogP contribution in [0.5, 0.6) is 0 Å². The van der Waals surface area contributed by atoms with E-state index >= 15 is 0 Å². The number of hydrogen-bond acceptors (Lipinski definition) is 3. The van der Waals surface area contributed by atoms with Gasteiger partial charge in [-0.05, 0) is 44.9 Å². The van der Waals surface area contributed by atoms with Gasteiger partial charge in [0.2, 0.25) is 0 Å². The van der Waals surface area contributed by atoms with E-state index in [9.17, 15) is 0 Å². The summed E-state index contributed by atoms with van der Waals surface area (Å²) in [5.74, 6) is 1.09. The van der Waals surface area contributed by atoms with Crippen molar-refractivity contribution in [1.29, 1.82) is 0 Å². The molecule has 3 nitrogen and oxygen atoms in total. The third-order valence-corrected chi connectivity index (χ3v) is 3.32. The smallest absolute Gasteiger partial charge is 0.128 e. The molecule has 0 radical (unpaired) electrons. The third-order valence-electron chi connectivity index (χ3n) is 3.32. The highest BCUT2D eigenvalue weighted by molar-refractivity contribution is 5.39. The predicted molar refractivity (Wildman–Crippen MR) is 67.8 cm³/mol. The second kappa shape index (κ2) is 5.30. The Kier molecular flexibility index (Phi) is 3.78. The number of nitrogens with zero attached hydrogens (tertiary/aromatic N) is 2. The van der Waals surface area contributed by atoms with Gasteiger partial charge in [-0.2, -0.15) is 0 Å². The van der Waals surface area contributed by atoms with E-state index in [0.717, 1.165) is 25.5 Å². The van der Waals surface area contributed by atoms with Crippen molar-refractivity contribution in [3.63, 3.8) is 0 Å². The van der Waals surface area contributed by atoms with E-state index in [1.54, 1.807) is 0 Å². The molecule has 1 fully saturated rings. The molecule has 0 saturated carbocycles. The summed E-state index contributed by atoms with van der Waals surface area (Å²) < 4.78 is 0. The van der Waals surface area contributed by atoms with Crippen molar-refractivity contribution in [2.45, 2.75) is 32.7 Å². The van der Waals surface area contributed by atoms with Gasteiger partial charge in [-0.25, -0.2) is 4.98 Å². The van der Waals surface area contributed by atoms with Crippen LogP contribution in [0.4, 0.5) is 5.82 Å². The number of hydrogen-bond donors (Lipinski definition) is 1. The van der Waals surface area contributed by atoms with Gasteiger partial charge in [0.1, 0.15) is 5.82 Å². The molecule has 0 spiro atoms. The Balaban J connectivity index is 2.09. The molecule has 3 heteroatoms. The molecule has 1 N–H and O–H groups in total. The molecule has 88 valence electrons. The molecule has 0 aliphatic carbocycles. The molecule has 1 aliphatic rings. The summed E-state index contributed by atoms with van der Waals surface area (Å²) >= 11 is 0. The number of anilines is 1. The van der Waals surface area contributed by atoms with Crippen LogP contribution >= 0.6 is 0 Å². The van der Waals surface area contributed by atoms with Crippen molar-refractivity contribution >= 4 is 5.82 Å². The molecule has 1 aromatic heterocycles. The van der Waals surface area contributed by atoms with Crippen molar-refractivity contribution in [1.82, 2.24) is 10.3 Å². The summed E-state index contributed by atoms with van der Waals surface area (Å²) in [7, 11) is 0. The zero-order chi connectivity index (χ0) is 11.4. The van der Waals surface area contributed by atoms with Crippen LogP contribution in [-0.2, 0) is 0 Å². The monoisotopic (exact) mass is 219 g/mol. The molecule has 2 rings (SSSR count). The average Bonchev–Trinajstić information content (AvgIpc) is 2.85. The van der Waals surface area contributed by atoms with Gasteiger partial charge in [-0.1, -0.05) is 6.07 Å². The minimum atomic E-state index is 0.526. The van der Waals surface area contributed by atoms with Crippen molar-refractivity contribution in [2.24, 2.45) is 0 Å². The molecule has 16 heavy (non-hydrogen) atoms. The Morgan fingerprint density at radius 2 is 2.19 bits per heavy atom. The summed E-state index contributed by atoms with van der Waals surface area (Å²) in [5, 5.41) is 3.50. The predicted octanol–water partition coefficient (Wildman–Crippen LogP) is 2.35. The SMILES string of the molecule is CCN(CC)c1ccc([C@H]2CCCN2)cn1. The molecule has 2 heterocycles. The fourth-order valence-electron chi connectivity index (χ4n) is 2.31. The fraction of sp³-hybridized carbons (Fsp3) is 0.615. The molecule has 1 aromatic rings. The van der Waals surface area contributed by atoms with Crippen molar-refractivity contribution in [3.8, 4) is 0 Å². The lowest BCUT2D eigenvalue weighted by molar-refractivity contribution is 0.644. The molecule has 1 atom stereocenters. The maximum Gasteiger partial charge on any atom is 0.128 e. The zero-order valence-corrected chi connectivity index (χ0v) is 10.2. The number of aromatic nitrogens is 1. The van der Waals surface area contributed by atoms with E-state index in [0.29, 0.717) is 6.04 Å². The number of pyridine rings is 1. The first kappa shape index (κ1) is 11.4. The maximum atomic E-state index is 4.55. The van der Waals surface area contributed by atoms with Crippen LogP contribution in [0.3, 0.4) is 0 Å². The van der Waals surface area contributed by atoms with Crippen LogP contribution in [0.15, 0.2) is 18.3 Å². The highest BCUT2D eigenvalue weighted by Gasteiger charge is 2.16. The number of nitrogens with one attached hydrogen (secondary N) is 1. The Hall–Kier alpha value is -1.09. The van der Waals surface area contributed by atoms with Crippen LogP contribution in [0, 0.1) is 0 Å². The first-order valence-corrected chi connectivity index (χ1v) is 6.29. The minimum absolute atomic E-state index is 0.526. The standard InChI is InChI=1S/C13H21N3/c1-3-16(4-2)13-8-7-11(10-15-13)12-6-5-9-14-12/h7-8,10,12,14H,3-6,9H2,1-2H3/t12-/m1/s1. The van der Waals surface area contributed by atoms with Gasteiger partial charge < -0.3 is 10.2 Å². The van der Waals surface area contributed by atoms with Gasteiger partial charge in [-0.3, -0.25) is 0 Å². The topological polar surface area (TPSA) is 28.2 Å². The van der Waals surface area contributed by atoms with Crippen LogP contribution in [0.1, 0.15) is 38.3 Å². The van der Waals surface area contributed by atoms with E-state index in [4.69, 9.17) is 0 Å². The first-order chi connectivity index (χ1) is 7.85.